The van der Waals surface area contributed by atoms with Gasteiger partial charge < -0.3 is 20.1 Å². The fraction of sp³-hybridized carbons (Fsp3) is 0.190. The van der Waals surface area contributed by atoms with Crippen molar-refractivity contribution in [3.05, 3.63) is 71.9 Å². The molecule has 0 bridgehead atoms. The molecule has 0 unspecified atom stereocenters. The molecule has 0 fully saturated rings. The van der Waals surface area contributed by atoms with E-state index in [1.165, 1.54) is 12.7 Å². The molecule has 3 aromatic rings. The van der Waals surface area contributed by atoms with E-state index in [1.54, 1.807) is 37.6 Å². The lowest BCUT2D eigenvalue weighted by Crippen LogP contribution is -2.09. The molecule has 28 heavy (non-hydrogen) atoms. The topological polar surface area (TPSA) is 85.4 Å². The lowest BCUT2D eigenvalue weighted by Gasteiger charge is -2.09. The zero-order chi connectivity index (χ0) is 19.8. The molecule has 0 atom stereocenters. The summed E-state index contributed by atoms with van der Waals surface area (Å²) in [4.78, 5) is 20.4. The number of carbonyl (C=O) groups is 1. The van der Waals surface area contributed by atoms with Crippen molar-refractivity contribution in [1.82, 2.24) is 9.97 Å². The Hall–Kier alpha value is -3.61. The maximum absolute atomic E-state index is 11.7. The van der Waals surface area contributed by atoms with E-state index in [9.17, 15) is 4.79 Å². The number of ether oxygens (including phenoxy) is 2. The van der Waals surface area contributed by atoms with Gasteiger partial charge >= 0.3 is 5.97 Å². The summed E-state index contributed by atoms with van der Waals surface area (Å²) in [5.41, 5.74) is 2.38. The molecule has 1 aromatic heterocycles. The van der Waals surface area contributed by atoms with E-state index in [-0.39, 0.29) is 5.97 Å². The zero-order valence-electron chi connectivity index (χ0n) is 15.8. The summed E-state index contributed by atoms with van der Waals surface area (Å²) in [6.45, 7) is 0.689. The van der Waals surface area contributed by atoms with Crippen molar-refractivity contribution in [3.8, 4) is 5.75 Å². The number of nitrogens with zero attached hydrogens (tertiary/aromatic N) is 2. The van der Waals surface area contributed by atoms with Crippen LogP contribution in [0.4, 0.5) is 17.5 Å². The normalized spacial score (nSPS) is 10.2. The Morgan fingerprint density at radius 2 is 1.93 bits per heavy atom. The first-order valence-electron chi connectivity index (χ1n) is 8.83. The quantitative estimate of drug-likeness (QED) is 0.579. The number of carbonyl (C=O) groups excluding carboxylic acids is 1. The van der Waals surface area contributed by atoms with E-state index in [0.29, 0.717) is 23.9 Å². The number of hydrogen-bond donors (Lipinski definition) is 2. The van der Waals surface area contributed by atoms with Gasteiger partial charge in [0.25, 0.3) is 0 Å². The maximum Gasteiger partial charge on any atom is 0.337 e. The molecule has 0 spiro atoms. The van der Waals surface area contributed by atoms with Crippen molar-refractivity contribution in [2.45, 2.75) is 6.42 Å². The minimum atomic E-state index is -0.383. The van der Waals surface area contributed by atoms with E-state index >= 15 is 0 Å². The Morgan fingerprint density at radius 1 is 1.07 bits per heavy atom. The van der Waals surface area contributed by atoms with Crippen molar-refractivity contribution < 1.29 is 14.3 Å². The minimum absolute atomic E-state index is 0.383. The number of rotatable bonds is 8. The van der Waals surface area contributed by atoms with Gasteiger partial charge in [-0.2, -0.15) is 4.98 Å². The molecule has 0 saturated carbocycles. The van der Waals surface area contributed by atoms with Crippen molar-refractivity contribution in [3.63, 3.8) is 0 Å². The molecule has 3 rings (SSSR count). The summed E-state index contributed by atoms with van der Waals surface area (Å²) in [6, 6.07) is 16.8. The Balaban J connectivity index is 1.60. The largest absolute Gasteiger partial charge is 0.497 e. The van der Waals surface area contributed by atoms with Gasteiger partial charge in [0.15, 0.2) is 0 Å². The van der Waals surface area contributed by atoms with E-state index in [0.717, 1.165) is 17.9 Å². The lowest BCUT2D eigenvalue weighted by molar-refractivity contribution is 0.0601. The van der Waals surface area contributed by atoms with Gasteiger partial charge in [-0.3, -0.25) is 0 Å². The van der Waals surface area contributed by atoms with E-state index in [1.807, 2.05) is 24.3 Å². The standard InChI is InChI=1S/C21H22N4O3/c1-27-18-8-3-5-15(13-18)9-11-22-21-23-12-10-19(25-21)24-17-7-4-6-16(14-17)20(26)28-2/h3-8,10,12-14H,9,11H2,1-2H3,(H2,22,23,24,25). The molecule has 0 aliphatic rings. The number of nitrogens with one attached hydrogen (secondary N) is 2. The Morgan fingerprint density at radius 3 is 2.75 bits per heavy atom. The molecule has 144 valence electrons. The molecule has 0 aliphatic heterocycles. The monoisotopic (exact) mass is 378 g/mol. The third-order valence-corrected chi connectivity index (χ3v) is 4.04. The molecular weight excluding hydrogens is 356 g/mol. The molecule has 7 heteroatoms. The fourth-order valence-corrected chi connectivity index (χ4v) is 2.65. The highest BCUT2D eigenvalue weighted by Crippen LogP contribution is 2.17. The molecule has 0 saturated heterocycles. The highest BCUT2D eigenvalue weighted by atomic mass is 16.5. The van der Waals surface area contributed by atoms with Crippen LogP contribution in [0, 0.1) is 0 Å². The predicted octanol–water partition coefficient (Wildman–Crippen LogP) is 3.67. The van der Waals surface area contributed by atoms with Gasteiger partial charge in [-0.15, -0.1) is 0 Å². The molecular formula is C21H22N4O3. The first-order valence-corrected chi connectivity index (χ1v) is 8.83. The van der Waals surface area contributed by atoms with Gasteiger partial charge in [0.1, 0.15) is 11.6 Å². The van der Waals surface area contributed by atoms with Crippen LogP contribution in [-0.2, 0) is 11.2 Å². The van der Waals surface area contributed by atoms with Crippen LogP contribution in [0.3, 0.4) is 0 Å². The molecule has 7 nitrogen and oxygen atoms in total. The third-order valence-electron chi connectivity index (χ3n) is 4.04. The molecule has 0 amide bonds. The third kappa shape index (κ3) is 5.20. The second kappa shape index (κ2) is 9.36. The first-order chi connectivity index (χ1) is 13.7. The van der Waals surface area contributed by atoms with E-state index < -0.39 is 0 Å². The molecule has 1 heterocycles. The van der Waals surface area contributed by atoms with Gasteiger partial charge in [0, 0.05) is 18.4 Å². The number of hydrogen-bond acceptors (Lipinski definition) is 7. The van der Waals surface area contributed by atoms with Gasteiger partial charge in [-0.05, 0) is 48.4 Å². The summed E-state index contributed by atoms with van der Waals surface area (Å²) in [6.07, 6.45) is 2.49. The summed E-state index contributed by atoms with van der Waals surface area (Å²) in [7, 11) is 3.01. The molecule has 2 N–H and O–H groups in total. The van der Waals surface area contributed by atoms with Crippen LogP contribution >= 0.6 is 0 Å². The summed E-state index contributed by atoms with van der Waals surface area (Å²) in [5.74, 6) is 1.61. The van der Waals surface area contributed by atoms with Gasteiger partial charge in [0.05, 0.1) is 19.8 Å². The summed E-state index contributed by atoms with van der Waals surface area (Å²) < 4.78 is 9.99. The Bertz CT molecular complexity index is 946. The second-order valence-corrected chi connectivity index (χ2v) is 5.99. The van der Waals surface area contributed by atoms with Crippen molar-refractivity contribution in [2.24, 2.45) is 0 Å². The van der Waals surface area contributed by atoms with Crippen LogP contribution in [-0.4, -0.2) is 36.7 Å². The highest BCUT2D eigenvalue weighted by Gasteiger charge is 2.06. The van der Waals surface area contributed by atoms with Crippen LogP contribution < -0.4 is 15.4 Å². The number of benzene rings is 2. The smallest absolute Gasteiger partial charge is 0.337 e. The Kier molecular flexibility index (Phi) is 6.41. The van der Waals surface area contributed by atoms with Crippen LogP contribution in [0.5, 0.6) is 5.75 Å². The molecule has 0 radical (unpaired) electrons. The fourth-order valence-electron chi connectivity index (χ4n) is 2.65. The van der Waals surface area contributed by atoms with Crippen LogP contribution in [0.2, 0.25) is 0 Å². The number of anilines is 3. The zero-order valence-corrected chi connectivity index (χ0v) is 15.8. The van der Waals surface area contributed by atoms with E-state index in [2.05, 4.69) is 26.7 Å². The minimum Gasteiger partial charge on any atom is -0.497 e. The summed E-state index contributed by atoms with van der Waals surface area (Å²) >= 11 is 0. The predicted molar refractivity (Wildman–Crippen MR) is 108 cm³/mol. The SMILES string of the molecule is COC(=O)c1cccc(Nc2ccnc(NCCc3cccc(OC)c3)n2)c1. The number of methoxy groups -OCH3 is 2. The average Bonchev–Trinajstić information content (AvgIpc) is 2.74. The number of esters is 1. The highest BCUT2D eigenvalue weighted by molar-refractivity contribution is 5.90. The Labute approximate surface area is 163 Å². The maximum atomic E-state index is 11.7. The van der Waals surface area contributed by atoms with Crippen LogP contribution in [0.25, 0.3) is 0 Å². The average molecular weight is 378 g/mol. The van der Waals surface area contributed by atoms with Crippen LogP contribution in [0.15, 0.2) is 60.8 Å². The molecule has 2 aromatic carbocycles. The lowest BCUT2D eigenvalue weighted by atomic mass is 10.1. The van der Waals surface area contributed by atoms with Crippen molar-refractivity contribution in [2.75, 3.05) is 31.4 Å². The first kappa shape index (κ1) is 19.2. The van der Waals surface area contributed by atoms with Gasteiger partial charge in [-0.25, -0.2) is 9.78 Å². The van der Waals surface area contributed by atoms with E-state index in [4.69, 9.17) is 9.47 Å². The summed E-state index contributed by atoms with van der Waals surface area (Å²) in [5, 5.41) is 6.39. The van der Waals surface area contributed by atoms with Crippen molar-refractivity contribution >= 4 is 23.4 Å². The van der Waals surface area contributed by atoms with Crippen molar-refractivity contribution in [1.29, 1.82) is 0 Å². The number of aromatic nitrogens is 2. The van der Waals surface area contributed by atoms with Gasteiger partial charge in [0.2, 0.25) is 5.95 Å². The molecule has 0 aliphatic carbocycles. The van der Waals surface area contributed by atoms with Crippen LogP contribution in [0.1, 0.15) is 15.9 Å². The van der Waals surface area contributed by atoms with Gasteiger partial charge in [-0.1, -0.05) is 18.2 Å². The second-order valence-electron chi connectivity index (χ2n) is 5.99.